The number of hydrogen-bond donors (Lipinski definition) is 0. The Labute approximate surface area is 111 Å². The van der Waals surface area contributed by atoms with Crippen LogP contribution in [0.3, 0.4) is 0 Å². The number of nitrogens with zero attached hydrogens (tertiary/aromatic N) is 1. The minimum Gasteiger partial charge on any atom is -0.166 e. The molecule has 0 radical (unpaired) electrons. The molecule has 2 aromatic rings. The Balaban J connectivity index is 2.32. The second-order valence-electron chi connectivity index (χ2n) is 3.68. The van der Waals surface area contributed by atoms with E-state index in [4.69, 9.17) is 0 Å². The van der Waals surface area contributed by atoms with Gasteiger partial charge in [-0.15, -0.1) is 4.91 Å². The van der Waals surface area contributed by atoms with E-state index >= 15 is 0 Å². The lowest BCUT2D eigenvalue weighted by Crippen LogP contribution is -2.04. The van der Waals surface area contributed by atoms with Crippen molar-refractivity contribution in [3.8, 4) is 0 Å². The van der Waals surface area contributed by atoms with E-state index in [0.29, 0.717) is 4.90 Å². The van der Waals surface area contributed by atoms with Crippen LogP contribution in [-0.2, 0) is 6.18 Å². The van der Waals surface area contributed by atoms with Crippen LogP contribution >= 0.6 is 11.8 Å². The van der Waals surface area contributed by atoms with Crippen molar-refractivity contribution in [3.63, 3.8) is 0 Å². The molecule has 0 aliphatic rings. The summed E-state index contributed by atoms with van der Waals surface area (Å²) in [4.78, 5) is 11.9. The number of halogens is 3. The molecular weight excluding hydrogens is 275 g/mol. The van der Waals surface area contributed by atoms with Crippen LogP contribution in [0, 0.1) is 4.91 Å². The van der Waals surface area contributed by atoms with Gasteiger partial charge in [-0.2, -0.15) is 13.2 Å². The van der Waals surface area contributed by atoms with Gasteiger partial charge in [-0.25, -0.2) is 0 Å². The van der Waals surface area contributed by atoms with Gasteiger partial charge in [0.1, 0.15) is 5.69 Å². The van der Waals surface area contributed by atoms with Crippen LogP contribution in [0.4, 0.5) is 18.9 Å². The largest absolute Gasteiger partial charge is 0.418 e. The SMILES string of the molecule is O=Nc1cc(Sc2ccccc2)ccc1C(F)(F)F. The molecule has 0 saturated carbocycles. The zero-order chi connectivity index (χ0) is 13.9. The molecule has 0 spiro atoms. The molecule has 0 bridgehead atoms. The highest BCUT2D eigenvalue weighted by molar-refractivity contribution is 7.99. The predicted molar refractivity (Wildman–Crippen MR) is 67.5 cm³/mol. The molecule has 6 heteroatoms. The second kappa shape index (κ2) is 5.44. The number of nitroso groups, excluding NO2 is 1. The van der Waals surface area contributed by atoms with E-state index < -0.39 is 17.4 Å². The molecule has 98 valence electrons. The molecule has 0 amide bonds. The zero-order valence-corrected chi connectivity index (χ0v) is 10.3. The van der Waals surface area contributed by atoms with Crippen molar-refractivity contribution in [2.24, 2.45) is 5.18 Å². The van der Waals surface area contributed by atoms with Crippen molar-refractivity contribution in [2.45, 2.75) is 16.0 Å². The highest BCUT2D eigenvalue weighted by Gasteiger charge is 2.34. The van der Waals surface area contributed by atoms with Crippen LogP contribution in [0.5, 0.6) is 0 Å². The average Bonchev–Trinajstić information content (AvgIpc) is 2.38. The maximum absolute atomic E-state index is 12.6. The van der Waals surface area contributed by atoms with Crippen LogP contribution in [0.2, 0.25) is 0 Å². The van der Waals surface area contributed by atoms with E-state index in [-0.39, 0.29) is 0 Å². The lowest BCUT2D eigenvalue weighted by molar-refractivity contribution is -0.137. The van der Waals surface area contributed by atoms with E-state index in [2.05, 4.69) is 5.18 Å². The molecule has 0 aliphatic heterocycles. The maximum atomic E-state index is 12.6. The van der Waals surface area contributed by atoms with Gasteiger partial charge < -0.3 is 0 Å². The smallest absolute Gasteiger partial charge is 0.166 e. The van der Waals surface area contributed by atoms with Crippen LogP contribution in [-0.4, -0.2) is 0 Å². The minimum atomic E-state index is -4.57. The summed E-state index contributed by atoms with van der Waals surface area (Å²) in [7, 11) is 0. The van der Waals surface area contributed by atoms with E-state index in [9.17, 15) is 18.1 Å². The molecule has 0 aliphatic carbocycles. The van der Waals surface area contributed by atoms with E-state index in [0.717, 1.165) is 17.0 Å². The van der Waals surface area contributed by atoms with Crippen molar-refractivity contribution in [3.05, 3.63) is 59.0 Å². The first-order chi connectivity index (χ1) is 9.00. The first-order valence-electron chi connectivity index (χ1n) is 5.28. The van der Waals surface area contributed by atoms with Gasteiger partial charge in [0.2, 0.25) is 0 Å². The van der Waals surface area contributed by atoms with Crippen LogP contribution in [0.15, 0.2) is 63.5 Å². The average molecular weight is 283 g/mol. The summed E-state index contributed by atoms with van der Waals surface area (Å²) in [6.45, 7) is 0. The number of hydrogen-bond acceptors (Lipinski definition) is 3. The van der Waals surface area contributed by atoms with Crippen molar-refractivity contribution in [1.29, 1.82) is 0 Å². The number of rotatable bonds is 3. The lowest BCUT2D eigenvalue weighted by atomic mass is 10.2. The van der Waals surface area contributed by atoms with Gasteiger partial charge in [0.15, 0.2) is 0 Å². The molecule has 19 heavy (non-hydrogen) atoms. The highest BCUT2D eigenvalue weighted by atomic mass is 32.2. The summed E-state index contributed by atoms with van der Waals surface area (Å²) < 4.78 is 37.8. The topological polar surface area (TPSA) is 29.4 Å². The molecule has 0 unspecified atom stereocenters. The van der Waals surface area contributed by atoms with Crippen molar-refractivity contribution in [1.82, 2.24) is 0 Å². The third-order valence-electron chi connectivity index (χ3n) is 2.35. The highest BCUT2D eigenvalue weighted by Crippen LogP contribution is 2.39. The lowest BCUT2D eigenvalue weighted by Gasteiger charge is -2.09. The standard InChI is InChI=1S/C13H8F3NOS/c14-13(15,16)11-7-6-10(8-12(11)17-18)19-9-4-2-1-3-5-9/h1-8H. The van der Waals surface area contributed by atoms with Gasteiger partial charge in [-0.1, -0.05) is 30.0 Å². The fraction of sp³-hybridized carbons (Fsp3) is 0.0769. The molecule has 0 saturated heterocycles. The summed E-state index contributed by atoms with van der Waals surface area (Å²) >= 11 is 1.27. The van der Waals surface area contributed by atoms with E-state index in [1.165, 1.54) is 17.8 Å². The Kier molecular flexibility index (Phi) is 3.90. The van der Waals surface area contributed by atoms with Crippen LogP contribution in [0.1, 0.15) is 5.56 Å². The third kappa shape index (κ3) is 3.35. The molecule has 0 fully saturated rings. The first kappa shape index (κ1) is 13.6. The summed E-state index contributed by atoms with van der Waals surface area (Å²) in [5.41, 5.74) is -1.60. The Morgan fingerprint density at radius 2 is 1.63 bits per heavy atom. The van der Waals surface area contributed by atoms with Gasteiger partial charge >= 0.3 is 6.18 Å². The van der Waals surface area contributed by atoms with E-state index in [1.54, 1.807) is 0 Å². The van der Waals surface area contributed by atoms with Gasteiger partial charge in [0.25, 0.3) is 0 Å². The molecule has 0 N–H and O–H groups in total. The van der Waals surface area contributed by atoms with Gasteiger partial charge in [-0.3, -0.25) is 0 Å². The third-order valence-corrected chi connectivity index (χ3v) is 3.35. The van der Waals surface area contributed by atoms with Crippen LogP contribution < -0.4 is 0 Å². The molecule has 0 atom stereocenters. The van der Waals surface area contributed by atoms with E-state index in [1.807, 2.05) is 30.3 Å². The molecule has 2 nitrogen and oxygen atoms in total. The number of alkyl halides is 3. The van der Waals surface area contributed by atoms with Crippen molar-refractivity contribution < 1.29 is 13.2 Å². The maximum Gasteiger partial charge on any atom is 0.418 e. The molecule has 0 heterocycles. The fourth-order valence-corrected chi connectivity index (χ4v) is 2.39. The summed E-state index contributed by atoms with van der Waals surface area (Å²) in [5.74, 6) is 0. The second-order valence-corrected chi connectivity index (χ2v) is 4.83. The molecular formula is C13H8F3NOS. The summed E-state index contributed by atoms with van der Waals surface area (Å²) in [6.07, 6.45) is -4.57. The Morgan fingerprint density at radius 3 is 2.21 bits per heavy atom. The van der Waals surface area contributed by atoms with Crippen LogP contribution in [0.25, 0.3) is 0 Å². The van der Waals surface area contributed by atoms with Gasteiger partial charge in [0, 0.05) is 9.79 Å². The van der Waals surface area contributed by atoms with Crippen molar-refractivity contribution in [2.75, 3.05) is 0 Å². The van der Waals surface area contributed by atoms with Gasteiger partial charge in [0.05, 0.1) is 5.56 Å². The Bertz CT molecular complexity index is 584. The zero-order valence-electron chi connectivity index (χ0n) is 9.52. The number of benzene rings is 2. The molecule has 2 rings (SSSR count). The summed E-state index contributed by atoms with van der Waals surface area (Å²) in [5, 5.41) is 2.46. The quantitative estimate of drug-likeness (QED) is 0.719. The van der Waals surface area contributed by atoms with Gasteiger partial charge in [-0.05, 0) is 35.5 Å². The molecule has 2 aromatic carbocycles. The van der Waals surface area contributed by atoms with Crippen molar-refractivity contribution >= 4 is 17.4 Å². The fourth-order valence-electron chi connectivity index (χ4n) is 1.51. The Morgan fingerprint density at radius 1 is 0.947 bits per heavy atom. The monoisotopic (exact) mass is 283 g/mol. The Hall–Kier alpha value is -1.82. The minimum absolute atomic E-state index is 0.536. The summed E-state index contributed by atoms with van der Waals surface area (Å²) in [6, 6.07) is 12.5. The predicted octanol–water partition coefficient (Wildman–Crippen LogP) is 5.25. The normalized spacial score (nSPS) is 11.3. The molecule has 0 aromatic heterocycles. The first-order valence-corrected chi connectivity index (χ1v) is 6.10.